The predicted octanol–water partition coefficient (Wildman–Crippen LogP) is 11.6. The van der Waals surface area contributed by atoms with E-state index in [0.29, 0.717) is 29.2 Å². The SMILES string of the molecule is C=CC.CC.CC.CC(C)(C)OC(=O)c1ccc(C2=CCC3(C)C(CCC4(C)C3CCC3[C@H]5CCCC5(C=O)CC[C@]34C)C2(C)N)cc1. The summed E-state index contributed by atoms with van der Waals surface area (Å²) in [6.07, 6.45) is 17.4. The van der Waals surface area contributed by atoms with E-state index in [4.69, 9.17) is 10.5 Å². The Labute approximate surface area is 295 Å². The molecule has 6 rings (SSSR count). The van der Waals surface area contributed by atoms with Crippen LogP contribution in [0.15, 0.2) is 43.0 Å². The molecule has 4 saturated carbocycles. The van der Waals surface area contributed by atoms with Gasteiger partial charge in [-0.3, -0.25) is 0 Å². The van der Waals surface area contributed by atoms with Gasteiger partial charge in [-0.15, -0.1) is 6.58 Å². The van der Waals surface area contributed by atoms with E-state index in [1.807, 2.05) is 67.5 Å². The highest BCUT2D eigenvalue weighted by molar-refractivity contribution is 5.90. The first-order valence-electron chi connectivity index (χ1n) is 19.4. The van der Waals surface area contributed by atoms with Crippen LogP contribution in [0, 0.1) is 45.3 Å². The van der Waals surface area contributed by atoms with Gasteiger partial charge < -0.3 is 15.3 Å². The number of aldehydes is 1. The molecule has 0 saturated heterocycles. The summed E-state index contributed by atoms with van der Waals surface area (Å²) in [5.41, 5.74) is 10.1. The third-order valence-electron chi connectivity index (χ3n) is 13.8. The lowest BCUT2D eigenvalue weighted by molar-refractivity contribution is -0.216. The van der Waals surface area contributed by atoms with Crippen LogP contribution in [0.1, 0.15) is 163 Å². The standard InChI is InChI=1S/C37H53NO3.C3H6.2C2H6/c1-32(2,3)41-31(40)25-12-10-24(11-13-25)26-16-19-33(4)29-15-14-27-28-9-8-18-37(28,23-39)22-21-34(27,5)35(29,6)20-17-30(33)36(26,7)38;1-3-2;2*1-2/h10-13,16,23,27-30H,8-9,14-15,17-22,38H2,1-7H3;3H,1H2,2H3;2*1-2H3/t27?,28-,29?,30?,33?,34-,35?,36?,37?;;;/m1.../s1. The third kappa shape index (κ3) is 6.66. The molecule has 0 spiro atoms. The van der Waals surface area contributed by atoms with Gasteiger partial charge in [-0.2, -0.15) is 0 Å². The van der Waals surface area contributed by atoms with Crippen molar-refractivity contribution in [3.8, 4) is 0 Å². The summed E-state index contributed by atoms with van der Waals surface area (Å²) < 4.78 is 5.58. The number of carbonyl (C=O) groups excluding carboxylic acids is 2. The van der Waals surface area contributed by atoms with E-state index in [2.05, 4.69) is 52.5 Å². The molecule has 4 heteroatoms. The molecule has 7 unspecified atom stereocenters. The fourth-order valence-corrected chi connectivity index (χ4v) is 11.7. The zero-order valence-corrected chi connectivity index (χ0v) is 32.9. The molecular weight excluding hydrogens is 590 g/mol. The van der Waals surface area contributed by atoms with Crippen LogP contribution in [-0.2, 0) is 9.53 Å². The number of hydrogen-bond acceptors (Lipinski definition) is 4. The monoisotopic (exact) mass is 662 g/mol. The topological polar surface area (TPSA) is 69.4 Å². The predicted molar refractivity (Wildman–Crippen MR) is 204 cm³/mol. The van der Waals surface area contributed by atoms with E-state index >= 15 is 0 Å². The smallest absolute Gasteiger partial charge is 0.338 e. The van der Waals surface area contributed by atoms with Crippen LogP contribution in [0.4, 0.5) is 0 Å². The maximum Gasteiger partial charge on any atom is 0.338 e. The van der Waals surface area contributed by atoms with E-state index in [9.17, 15) is 9.59 Å². The third-order valence-corrected chi connectivity index (χ3v) is 13.8. The van der Waals surface area contributed by atoms with Gasteiger partial charge in [0.2, 0.25) is 0 Å². The normalized spacial score (nSPS) is 39.3. The number of allylic oxidation sites excluding steroid dienone is 2. The average molecular weight is 662 g/mol. The summed E-state index contributed by atoms with van der Waals surface area (Å²) >= 11 is 0. The Balaban J connectivity index is 0.000000832. The van der Waals surface area contributed by atoms with Gasteiger partial charge in [0.15, 0.2) is 0 Å². The van der Waals surface area contributed by atoms with Gasteiger partial charge in [-0.25, -0.2) is 4.79 Å². The molecule has 0 radical (unpaired) electrons. The van der Waals surface area contributed by atoms with Crippen molar-refractivity contribution in [3.63, 3.8) is 0 Å². The molecule has 4 fully saturated rings. The molecule has 0 bridgehead atoms. The van der Waals surface area contributed by atoms with E-state index in [1.54, 1.807) is 6.08 Å². The molecule has 270 valence electrons. The molecule has 0 aliphatic heterocycles. The number of benzene rings is 1. The van der Waals surface area contributed by atoms with Gasteiger partial charge in [-0.05, 0) is 156 Å². The lowest BCUT2D eigenvalue weighted by Crippen LogP contribution is -2.67. The largest absolute Gasteiger partial charge is 0.456 e. The molecule has 0 amide bonds. The van der Waals surface area contributed by atoms with Crippen molar-refractivity contribution >= 4 is 17.8 Å². The average Bonchev–Trinajstić information content (AvgIpc) is 3.48. The number of hydrogen-bond donors (Lipinski definition) is 1. The molecule has 1 aromatic carbocycles. The van der Waals surface area contributed by atoms with Crippen LogP contribution in [-0.4, -0.2) is 23.4 Å². The minimum absolute atomic E-state index is 0.0359. The number of rotatable bonds is 3. The van der Waals surface area contributed by atoms with Gasteiger partial charge in [0.05, 0.1) is 5.56 Å². The molecule has 4 nitrogen and oxygen atoms in total. The number of esters is 1. The number of carbonyl (C=O) groups is 2. The van der Waals surface area contributed by atoms with Crippen LogP contribution in [0.5, 0.6) is 0 Å². The fourth-order valence-electron chi connectivity index (χ4n) is 11.7. The van der Waals surface area contributed by atoms with E-state index in [1.165, 1.54) is 50.4 Å². The van der Waals surface area contributed by atoms with Crippen LogP contribution in [0.2, 0.25) is 0 Å². The Morgan fingerprint density at radius 2 is 1.46 bits per heavy atom. The maximum atomic E-state index is 12.6. The van der Waals surface area contributed by atoms with Gasteiger partial charge in [0.1, 0.15) is 11.9 Å². The Kier molecular flexibility index (Phi) is 12.5. The van der Waals surface area contributed by atoms with E-state index in [0.717, 1.165) is 31.2 Å². The zero-order valence-electron chi connectivity index (χ0n) is 32.9. The second kappa shape index (κ2) is 15.0. The summed E-state index contributed by atoms with van der Waals surface area (Å²) in [5, 5.41) is 0. The highest BCUT2D eigenvalue weighted by Gasteiger charge is 2.69. The van der Waals surface area contributed by atoms with Crippen molar-refractivity contribution < 1.29 is 14.3 Å². The fraction of sp³-hybridized carbons (Fsp3) is 0.727. The van der Waals surface area contributed by atoms with Gasteiger partial charge in [-0.1, -0.05) is 79.2 Å². The minimum Gasteiger partial charge on any atom is -0.456 e. The number of fused-ring (bicyclic) bond motifs is 7. The Bertz CT molecular complexity index is 1300. The highest BCUT2D eigenvalue weighted by Crippen LogP contribution is 2.76. The van der Waals surface area contributed by atoms with Gasteiger partial charge in [0.25, 0.3) is 0 Å². The first-order chi connectivity index (χ1) is 22.5. The Morgan fingerprint density at radius 3 is 2.02 bits per heavy atom. The van der Waals surface area contributed by atoms with Gasteiger partial charge in [0, 0.05) is 11.0 Å². The first kappa shape index (κ1) is 40.2. The summed E-state index contributed by atoms with van der Waals surface area (Å²) in [6, 6.07) is 7.89. The Morgan fingerprint density at radius 1 is 0.854 bits per heavy atom. The van der Waals surface area contributed by atoms with Crippen molar-refractivity contribution in [2.45, 2.75) is 158 Å². The minimum atomic E-state index is -0.514. The van der Waals surface area contributed by atoms with Gasteiger partial charge >= 0.3 is 5.97 Å². The quantitative estimate of drug-likeness (QED) is 0.199. The van der Waals surface area contributed by atoms with E-state index < -0.39 is 11.1 Å². The van der Waals surface area contributed by atoms with Crippen LogP contribution in [0.3, 0.4) is 0 Å². The zero-order chi connectivity index (χ0) is 36.3. The molecule has 5 aliphatic rings. The number of nitrogens with two attached hydrogens (primary N) is 1. The lowest BCUT2D eigenvalue weighted by atomic mass is 9.33. The van der Waals surface area contributed by atoms with Crippen molar-refractivity contribution in [2.24, 2.45) is 51.1 Å². The first-order valence-corrected chi connectivity index (χ1v) is 19.4. The van der Waals surface area contributed by atoms with Crippen LogP contribution < -0.4 is 5.73 Å². The molecule has 5 aliphatic carbocycles. The van der Waals surface area contributed by atoms with Crippen molar-refractivity contribution in [1.82, 2.24) is 0 Å². The van der Waals surface area contributed by atoms with E-state index in [-0.39, 0.29) is 27.6 Å². The molecule has 1 aromatic rings. The second-order valence-electron chi connectivity index (χ2n) is 17.1. The summed E-state index contributed by atoms with van der Waals surface area (Å²) in [7, 11) is 0. The lowest BCUT2D eigenvalue weighted by Gasteiger charge is -2.71. The van der Waals surface area contributed by atoms with Crippen molar-refractivity contribution in [1.29, 1.82) is 0 Å². The second-order valence-corrected chi connectivity index (χ2v) is 17.1. The Hall–Kier alpha value is -2.20. The summed E-state index contributed by atoms with van der Waals surface area (Å²) in [4.78, 5) is 25.0. The molecule has 0 heterocycles. The van der Waals surface area contributed by atoms with Crippen LogP contribution in [0.25, 0.3) is 5.57 Å². The van der Waals surface area contributed by atoms with Crippen LogP contribution >= 0.6 is 0 Å². The van der Waals surface area contributed by atoms with Crippen molar-refractivity contribution in [3.05, 3.63) is 54.1 Å². The summed E-state index contributed by atoms with van der Waals surface area (Å²) in [5.74, 6) is 2.01. The molecule has 48 heavy (non-hydrogen) atoms. The summed E-state index contributed by atoms with van der Waals surface area (Å²) in [6.45, 7) is 29.0. The molecule has 0 aromatic heterocycles. The molecule has 2 N–H and O–H groups in total. The molecule has 9 atom stereocenters. The molecular formula is C44H71NO3. The van der Waals surface area contributed by atoms with Crippen molar-refractivity contribution in [2.75, 3.05) is 0 Å². The number of ether oxygens (including phenoxy) is 1. The highest BCUT2D eigenvalue weighted by atomic mass is 16.6. The maximum absolute atomic E-state index is 12.6.